The van der Waals surface area contributed by atoms with Crippen molar-refractivity contribution in [2.75, 3.05) is 25.5 Å². The van der Waals surface area contributed by atoms with E-state index in [0.29, 0.717) is 0 Å². The first-order valence-corrected chi connectivity index (χ1v) is 5.97. The van der Waals surface area contributed by atoms with Crippen molar-refractivity contribution in [2.45, 2.75) is 18.3 Å². The maximum Gasteiger partial charge on any atom is 0.235 e. The zero-order valence-corrected chi connectivity index (χ0v) is 11.1. The zero-order chi connectivity index (χ0) is 11.9. The molecule has 4 nitrogen and oxygen atoms in total. The summed E-state index contributed by atoms with van der Waals surface area (Å²) in [5, 5.41) is 6.29. The molecule has 0 radical (unpaired) electrons. The molecule has 2 heterocycles. The lowest BCUT2D eigenvalue weighted by molar-refractivity contribution is -0.121. The van der Waals surface area contributed by atoms with Gasteiger partial charge in [-0.15, -0.1) is 12.4 Å². The number of amides is 1. The number of hydrogen-bond acceptors (Lipinski definition) is 3. The number of ether oxygens (including phenoxy) is 1. The molecule has 5 heteroatoms. The van der Waals surface area contributed by atoms with Crippen LogP contribution in [0.1, 0.15) is 18.4 Å². The fourth-order valence-corrected chi connectivity index (χ4v) is 2.87. The molecule has 0 unspecified atom stereocenters. The molecule has 0 aromatic heterocycles. The highest BCUT2D eigenvalue weighted by Gasteiger charge is 2.47. The Kier molecular flexibility index (Phi) is 3.50. The number of carbonyl (C=O) groups is 1. The number of fused-ring (bicyclic) bond motifs is 2. The van der Waals surface area contributed by atoms with Crippen LogP contribution in [0.3, 0.4) is 0 Å². The summed E-state index contributed by atoms with van der Waals surface area (Å²) in [6.07, 6.45) is 1.72. The first-order chi connectivity index (χ1) is 8.26. The number of anilines is 1. The zero-order valence-electron chi connectivity index (χ0n) is 10.3. The van der Waals surface area contributed by atoms with Gasteiger partial charge >= 0.3 is 0 Å². The van der Waals surface area contributed by atoms with Gasteiger partial charge in [0.05, 0.1) is 12.5 Å². The number of piperidine rings is 1. The number of hydrogen-bond donors (Lipinski definition) is 2. The van der Waals surface area contributed by atoms with Crippen LogP contribution in [0.15, 0.2) is 18.2 Å². The molecule has 1 aromatic carbocycles. The van der Waals surface area contributed by atoms with Crippen molar-refractivity contribution in [3.8, 4) is 5.75 Å². The summed E-state index contributed by atoms with van der Waals surface area (Å²) in [6, 6.07) is 5.82. The van der Waals surface area contributed by atoms with Gasteiger partial charge in [-0.2, -0.15) is 0 Å². The third kappa shape index (κ3) is 1.76. The normalized spacial score (nSPS) is 19.9. The lowest BCUT2D eigenvalue weighted by Gasteiger charge is -2.32. The number of benzene rings is 1. The molecular weight excluding hydrogens is 252 g/mol. The van der Waals surface area contributed by atoms with Gasteiger partial charge in [0.15, 0.2) is 0 Å². The molecule has 1 aromatic rings. The molecule has 1 fully saturated rings. The molecule has 0 atom stereocenters. The minimum Gasteiger partial charge on any atom is -0.497 e. The summed E-state index contributed by atoms with van der Waals surface area (Å²) in [4.78, 5) is 12.2. The summed E-state index contributed by atoms with van der Waals surface area (Å²) in [5.41, 5.74) is 1.70. The highest BCUT2D eigenvalue weighted by atomic mass is 35.5. The van der Waals surface area contributed by atoms with Crippen molar-refractivity contribution >= 4 is 24.0 Å². The van der Waals surface area contributed by atoms with Crippen LogP contribution < -0.4 is 15.4 Å². The molecule has 18 heavy (non-hydrogen) atoms. The van der Waals surface area contributed by atoms with Crippen molar-refractivity contribution < 1.29 is 9.53 Å². The van der Waals surface area contributed by atoms with E-state index >= 15 is 0 Å². The van der Waals surface area contributed by atoms with E-state index in [1.54, 1.807) is 7.11 Å². The molecule has 0 bridgehead atoms. The Hall–Kier alpha value is -1.26. The summed E-state index contributed by atoms with van der Waals surface area (Å²) < 4.78 is 5.25. The Morgan fingerprint density at radius 2 is 2.00 bits per heavy atom. The maximum atomic E-state index is 12.2. The molecule has 1 amide bonds. The Morgan fingerprint density at radius 3 is 2.67 bits per heavy atom. The van der Waals surface area contributed by atoms with Crippen molar-refractivity contribution in [3.63, 3.8) is 0 Å². The minimum absolute atomic E-state index is 0. The van der Waals surface area contributed by atoms with Gasteiger partial charge in [0.2, 0.25) is 5.91 Å². The van der Waals surface area contributed by atoms with Crippen LogP contribution in [0.25, 0.3) is 0 Å². The summed E-state index contributed by atoms with van der Waals surface area (Å²) >= 11 is 0. The third-order valence-electron chi connectivity index (χ3n) is 3.88. The molecule has 98 valence electrons. The van der Waals surface area contributed by atoms with E-state index in [4.69, 9.17) is 4.74 Å². The van der Waals surface area contributed by atoms with Crippen LogP contribution in [0.4, 0.5) is 5.69 Å². The Labute approximate surface area is 113 Å². The van der Waals surface area contributed by atoms with E-state index in [9.17, 15) is 4.79 Å². The molecule has 2 N–H and O–H groups in total. The van der Waals surface area contributed by atoms with Crippen molar-refractivity contribution in [1.82, 2.24) is 5.32 Å². The number of nitrogens with one attached hydrogen (secondary N) is 2. The molecular formula is C13H17ClN2O2. The second-order valence-electron chi connectivity index (χ2n) is 4.70. The number of halogens is 1. The minimum atomic E-state index is -0.338. The van der Waals surface area contributed by atoms with E-state index in [0.717, 1.165) is 42.9 Å². The average Bonchev–Trinajstić information content (AvgIpc) is 2.63. The maximum absolute atomic E-state index is 12.2. The Morgan fingerprint density at radius 1 is 1.28 bits per heavy atom. The first kappa shape index (κ1) is 13.2. The number of methoxy groups -OCH3 is 1. The molecule has 2 aliphatic rings. The van der Waals surface area contributed by atoms with Crippen LogP contribution in [0.2, 0.25) is 0 Å². The van der Waals surface area contributed by atoms with Crippen LogP contribution >= 0.6 is 12.4 Å². The van der Waals surface area contributed by atoms with E-state index in [1.807, 2.05) is 18.2 Å². The Bertz CT molecular complexity index is 470. The van der Waals surface area contributed by atoms with Crippen molar-refractivity contribution in [2.24, 2.45) is 0 Å². The highest BCUT2D eigenvalue weighted by molar-refractivity contribution is 6.06. The Balaban J connectivity index is 0.00000120. The largest absolute Gasteiger partial charge is 0.497 e. The topological polar surface area (TPSA) is 50.4 Å². The van der Waals surface area contributed by atoms with Gasteiger partial charge in [0.1, 0.15) is 5.75 Å². The summed E-state index contributed by atoms with van der Waals surface area (Å²) in [7, 11) is 1.65. The standard InChI is InChI=1S/C13H16N2O2.ClH/c1-17-9-2-3-11-10(8-9)13(12(16)15-11)4-6-14-7-5-13;/h2-3,8,14H,4-7H2,1H3,(H,15,16);1H. The smallest absolute Gasteiger partial charge is 0.235 e. The summed E-state index contributed by atoms with van der Waals surface area (Å²) in [6.45, 7) is 1.79. The van der Waals surface area contributed by atoms with E-state index in [1.165, 1.54) is 0 Å². The highest BCUT2D eigenvalue weighted by Crippen LogP contribution is 2.44. The van der Waals surface area contributed by atoms with Gasteiger partial charge in [-0.3, -0.25) is 4.79 Å². The number of carbonyl (C=O) groups excluding carboxylic acids is 1. The second kappa shape index (κ2) is 4.78. The fourth-order valence-electron chi connectivity index (χ4n) is 2.87. The second-order valence-corrected chi connectivity index (χ2v) is 4.70. The van der Waals surface area contributed by atoms with Crippen LogP contribution in [0, 0.1) is 0 Å². The lowest BCUT2D eigenvalue weighted by atomic mass is 9.74. The van der Waals surface area contributed by atoms with Gasteiger partial charge in [-0.1, -0.05) is 0 Å². The molecule has 1 saturated heterocycles. The fraction of sp³-hybridized carbons (Fsp3) is 0.462. The predicted octanol–water partition coefficient (Wildman–Crippen LogP) is 1.69. The van der Waals surface area contributed by atoms with Gasteiger partial charge in [0.25, 0.3) is 0 Å². The van der Waals surface area contributed by atoms with Crippen molar-refractivity contribution in [1.29, 1.82) is 0 Å². The molecule has 0 saturated carbocycles. The van der Waals surface area contributed by atoms with Crippen LogP contribution in [-0.4, -0.2) is 26.1 Å². The van der Waals surface area contributed by atoms with E-state index < -0.39 is 0 Å². The first-order valence-electron chi connectivity index (χ1n) is 5.97. The van der Waals surface area contributed by atoms with Crippen LogP contribution in [-0.2, 0) is 10.2 Å². The molecule has 2 aliphatic heterocycles. The SMILES string of the molecule is COc1ccc2c(c1)C1(CCNCC1)C(=O)N2.Cl. The van der Waals surface area contributed by atoms with E-state index in [-0.39, 0.29) is 23.7 Å². The van der Waals surface area contributed by atoms with Gasteiger partial charge in [0, 0.05) is 5.69 Å². The molecule has 0 aliphatic carbocycles. The third-order valence-corrected chi connectivity index (χ3v) is 3.88. The molecule has 1 spiro atoms. The van der Waals surface area contributed by atoms with Crippen LogP contribution in [0.5, 0.6) is 5.75 Å². The molecule has 3 rings (SSSR count). The van der Waals surface area contributed by atoms with Gasteiger partial charge in [-0.05, 0) is 49.7 Å². The lowest BCUT2D eigenvalue weighted by Crippen LogP contribution is -2.44. The quantitative estimate of drug-likeness (QED) is 0.815. The average molecular weight is 269 g/mol. The van der Waals surface area contributed by atoms with Gasteiger partial charge in [-0.25, -0.2) is 0 Å². The predicted molar refractivity (Wildman–Crippen MR) is 72.7 cm³/mol. The van der Waals surface area contributed by atoms with Gasteiger partial charge < -0.3 is 15.4 Å². The van der Waals surface area contributed by atoms with Crippen molar-refractivity contribution in [3.05, 3.63) is 23.8 Å². The monoisotopic (exact) mass is 268 g/mol. The number of rotatable bonds is 1. The van der Waals surface area contributed by atoms with E-state index in [2.05, 4.69) is 10.6 Å². The summed E-state index contributed by atoms with van der Waals surface area (Å²) in [5.74, 6) is 0.959.